The fourth-order valence-corrected chi connectivity index (χ4v) is 3.23. The van der Waals surface area contributed by atoms with Crippen LogP contribution in [0.15, 0.2) is 41.3 Å². The van der Waals surface area contributed by atoms with Crippen LogP contribution < -0.4 is 0 Å². The molecule has 90 valence electrons. The van der Waals surface area contributed by atoms with Crippen LogP contribution in [0.2, 0.25) is 0 Å². The number of aryl methyl sites for hydroxylation is 1. The molecule has 1 N–H and O–H groups in total. The molecule has 0 radical (unpaired) electrons. The Balaban J connectivity index is 2.16. The number of thiophene rings is 1. The minimum Gasteiger partial charge on any atom is -0.383 e. The smallest absolute Gasteiger partial charge is 0.113 e. The topological polar surface area (TPSA) is 20.2 Å². The van der Waals surface area contributed by atoms with E-state index >= 15 is 0 Å². The third-order valence-corrected chi connectivity index (χ3v) is 4.48. The summed E-state index contributed by atoms with van der Waals surface area (Å²) in [6, 6.07) is 12.2. The quantitative estimate of drug-likeness (QED) is 0.833. The van der Waals surface area contributed by atoms with E-state index in [4.69, 9.17) is 0 Å². The van der Waals surface area contributed by atoms with Crippen LogP contribution in [0.5, 0.6) is 0 Å². The maximum absolute atomic E-state index is 10.2. The van der Waals surface area contributed by atoms with Crippen LogP contribution in [-0.2, 0) is 0 Å². The van der Waals surface area contributed by atoms with Gasteiger partial charge in [-0.25, -0.2) is 0 Å². The van der Waals surface area contributed by atoms with E-state index in [0.717, 1.165) is 16.2 Å². The highest BCUT2D eigenvalue weighted by Crippen LogP contribution is 2.29. The molecule has 2 aromatic rings. The van der Waals surface area contributed by atoms with Crippen molar-refractivity contribution < 1.29 is 5.11 Å². The highest BCUT2D eigenvalue weighted by molar-refractivity contribution is 7.99. The Morgan fingerprint density at radius 2 is 1.88 bits per heavy atom. The van der Waals surface area contributed by atoms with Gasteiger partial charge in [0.25, 0.3) is 0 Å². The Hall–Kier alpha value is -0.770. The van der Waals surface area contributed by atoms with Gasteiger partial charge in [-0.15, -0.1) is 23.1 Å². The zero-order chi connectivity index (χ0) is 12.3. The zero-order valence-corrected chi connectivity index (χ0v) is 11.6. The Morgan fingerprint density at radius 3 is 2.41 bits per heavy atom. The van der Waals surface area contributed by atoms with Crippen LogP contribution in [0.4, 0.5) is 0 Å². The molecule has 0 bridgehead atoms. The van der Waals surface area contributed by atoms with Crippen molar-refractivity contribution in [2.24, 2.45) is 0 Å². The molecule has 1 aromatic carbocycles. The summed E-state index contributed by atoms with van der Waals surface area (Å²) < 4.78 is 0. The van der Waals surface area contributed by atoms with Crippen molar-refractivity contribution in [3.8, 4) is 0 Å². The van der Waals surface area contributed by atoms with Crippen molar-refractivity contribution >= 4 is 23.1 Å². The maximum atomic E-state index is 10.2. The van der Waals surface area contributed by atoms with Gasteiger partial charge in [0.15, 0.2) is 0 Å². The standard InChI is InChI=1S/C14H16OS2/c1-3-16-12-7-5-11(6-8-12)14(15)13-9-4-10(2)17-13/h4-9,14-15H,3H2,1-2H3/t14-/m1/s1. The average Bonchev–Trinajstić information content (AvgIpc) is 2.76. The Kier molecular flexibility index (Phi) is 4.26. The highest BCUT2D eigenvalue weighted by atomic mass is 32.2. The van der Waals surface area contributed by atoms with Gasteiger partial charge in [0.2, 0.25) is 0 Å². The summed E-state index contributed by atoms with van der Waals surface area (Å²) in [7, 11) is 0. The normalized spacial score (nSPS) is 12.6. The maximum Gasteiger partial charge on any atom is 0.113 e. The molecule has 1 atom stereocenters. The number of benzene rings is 1. The monoisotopic (exact) mass is 264 g/mol. The third-order valence-electron chi connectivity index (χ3n) is 2.54. The second kappa shape index (κ2) is 5.71. The van der Waals surface area contributed by atoms with Gasteiger partial charge in [0, 0.05) is 14.6 Å². The predicted octanol–water partition coefficient (Wildman–Crippen LogP) is 4.25. The van der Waals surface area contributed by atoms with E-state index < -0.39 is 6.10 Å². The summed E-state index contributed by atoms with van der Waals surface area (Å²) in [5.74, 6) is 1.08. The van der Waals surface area contributed by atoms with E-state index in [0.29, 0.717) is 0 Å². The molecule has 1 heterocycles. The first kappa shape index (κ1) is 12.7. The van der Waals surface area contributed by atoms with Gasteiger partial charge >= 0.3 is 0 Å². The molecular formula is C14H16OS2. The van der Waals surface area contributed by atoms with E-state index in [1.54, 1.807) is 11.3 Å². The molecule has 3 heteroatoms. The first-order valence-electron chi connectivity index (χ1n) is 5.68. The van der Waals surface area contributed by atoms with Crippen molar-refractivity contribution in [2.75, 3.05) is 5.75 Å². The van der Waals surface area contributed by atoms with E-state index in [9.17, 15) is 5.11 Å². The van der Waals surface area contributed by atoms with Gasteiger partial charge in [0.05, 0.1) is 0 Å². The molecule has 2 rings (SSSR count). The lowest BCUT2D eigenvalue weighted by molar-refractivity contribution is 0.224. The fourth-order valence-electron chi connectivity index (χ4n) is 1.68. The number of aliphatic hydroxyl groups is 1. The summed E-state index contributed by atoms with van der Waals surface area (Å²) in [6.07, 6.45) is -0.491. The molecule has 0 aliphatic rings. The number of hydrogen-bond donors (Lipinski definition) is 1. The minimum atomic E-state index is -0.491. The lowest BCUT2D eigenvalue weighted by Gasteiger charge is -2.09. The van der Waals surface area contributed by atoms with Crippen LogP contribution >= 0.6 is 23.1 Å². The molecule has 0 aliphatic carbocycles. The lowest BCUT2D eigenvalue weighted by atomic mass is 10.1. The molecule has 0 saturated heterocycles. The van der Waals surface area contributed by atoms with Crippen molar-refractivity contribution in [1.29, 1.82) is 0 Å². The minimum absolute atomic E-state index is 0.491. The van der Waals surface area contributed by atoms with E-state index in [2.05, 4.69) is 26.0 Å². The van der Waals surface area contributed by atoms with Crippen LogP contribution in [0.1, 0.15) is 28.3 Å². The van der Waals surface area contributed by atoms with Gasteiger partial charge in [0.1, 0.15) is 6.10 Å². The highest BCUT2D eigenvalue weighted by Gasteiger charge is 2.11. The molecule has 0 amide bonds. The molecule has 1 aromatic heterocycles. The van der Waals surface area contributed by atoms with Crippen molar-refractivity contribution in [1.82, 2.24) is 0 Å². The van der Waals surface area contributed by atoms with Crippen LogP contribution in [-0.4, -0.2) is 10.9 Å². The number of hydrogen-bond acceptors (Lipinski definition) is 3. The van der Waals surface area contributed by atoms with E-state index in [1.165, 1.54) is 9.77 Å². The van der Waals surface area contributed by atoms with Crippen LogP contribution in [0.3, 0.4) is 0 Å². The second-order valence-electron chi connectivity index (χ2n) is 3.85. The Bertz CT molecular complexity index is 473. The molecular weight excluding hydrogens is 248 g/mol. The largest absolute Gasteiger partial charge is 0.383 e. The van der Waals surface area contributed by atoms with Gasteiger partial charge in [-0.3, -0.25) is 0 Å². The summed E-state index contributed by atoms with van der Waals surface area (Å²) in [5, 5.41) is 10.2. The SMILES string of the molecule is CCSc1ccc([C@@H](O)c2ccc(C)s2)cc1. The van der Waals surface area contributed by atoms with Gasteiger partial charge < -0.3 is 5.11 Å². The Labute approximate surface area is 111 Å². The first-order valence-corrected chi connectivity index (χ1v) is 7.48. The predicted molar refractivity (Wildman–Crippen MR) is 76.0 cm³/mol. The number of thioether (sulfide) groups is 1. The van der Waals surface area contributed by atoms with Crippen molar-refractivity contribution in [3.05, 3.63) is 51.7 Å². The van der Waals surface area contributed by atoms with Gasteiger partial charge in [-0.05, 0) is 42.5 Å². The lowest BCUT2D eigenvalue weighted by Crippen LogP contribution is -1.96. The van der Waals surface area contributed by atoms with Crippen LogP contribution in [0, 0.1) is 6.92 Å². The van der Waals surface area contributed by atoms with Crippen molar-refractivity contribution in [3.63, 3.8) is 0 Å². The molecule has 0 unspecified atom stereocenters. The zero-order valence-electron chi connectivity index (χ0n) is 10.0. The summed E-state index contributed by atoms with van der Waals surface area (Å²) in [5.41, 5.74) is 0.965. The van der Waals surface area contributed by atoms with Gasteiger partial charge in [-0.2, -0.15) is 0 Å². The van der Waals surface area contributed by atoms with E-state index in [1.807, 2.05) is 36.0 Å². The van der Waals surface area contributed by atoms with Gasteiger partial charge in [-0.1, -0.05) is 19.1 Å². The van der Waals surface area contributed by atoms with E-state index in [-0.39, 0.29) is 0 Å². The molecule has 1 nitrogen and oxygen atoms in total. The fraction of sp³-hybridized carbons (Fsp3) is 0.286. The third kappa shape index (κ3) is 3.12. The molecule has 0 aliphatic heterocycles. The molecule has 0 spiro atoms. The van der Waals surface area contributed by atoms with Crippen LogP contribution in [0.25, 0.3) is 0 Å². The molecule has 0 saturated carbocycles. The molecule has 17 heavy (non-hydrogen) atoms. The second-order valence-corrected chi connectivity index (χ2v) is 6.51. The first-order chi connectivity index (χ1) is 8.20. The summed E-state index contributed by atoms with van der Waals surface area (Å²) in [6.45, 7) is 4.20. The number of rotatable bonds is 4. The Morgan fingerprint density at radius 1 is 1.18 bits per heavy atom. The van der Waals surface area contributed by atoms with Crippen molar-refractivity contribution in [2.45, 2.75) is 24.8 Å². The summed E-state index contributed by atoms with van der Waals surface area (Å²) >= 11 is 3.47. The number of aliphatic hydroxyl groups excluding tert-OH is 1. The average molecular weight is 264 g/mol. The summed E-state index contributed by atoms with van der Waals surface area (Å²) in [4.78, 5) is 3.50. The molecule has 0 fully saturated rings.